The van der Waals surface area contributed by atoms with Gasteiger partial charge in [0.25, 0.3) is 0 Å². The molecule has 1 saturated heterocycles. The van der Waals surface area contributed by atoms with Crippen LogP contribution < -0.4 is 5.32 Å². The van der Waals surface area contributed by atoms with E-state index in [2.05, 4.69) is 5.32 Å². The highest BCUT2D eigenvalue weighted by Gasteiger charge is 2.33. The fourth-order valence-electron chi connectivity index (χ4n) is 3.11. The van der Waals surface area contributed by atoms with Crippen molar-refractivity contribution in [2.24, 2.45) is 0 Å². The second kappa shape index (κ2) is 7.96. The second-order valence-corrected chi connectivity index (χ2v) is 8.89. The Kier molecular flexibility index (Phi) is 5.80. The highest BCUT2D eigenvalue weighted by Crippen LogP contribution is 2.29. The Labute approximate surface area is 160 Å². The zero-order valence-corrected chi connectivity index (χ0v) is 15.6. The molecule has 1 aromatic heterocycles. The lowest BCUT2D eigenvalue weighted by Crippen LogP contribution is -2.41. The van der Waals surface area contributed by atoms with E-state index in [9.17, 15) is 26.4 Å². The fourth-order valence-corrected chi connectivity index (χ4v) is 4.87. The van der Waals surface area contributed by atoms with Gasteiger partial charge in [-0.05, 0) is 42.8 Å². The molecule has 0 radical (unpaired) electrons. The minimum atomic E-state index is -4.45. The topological polar surface area (TPSA) is 79.6 Å². The summed E-state index contributed by atoms with van der Waals surface area (Å²) in [7, 11) is -3.14. The lowest BCUT2D eigenvalue weighted by atomic mass is 10.2. The van der Waals surface area contributed by atoms with Crippen LogP contribution in [0.25, 0.3) is 0 Å². The van der Waals surface area contributed by atoms with Crippen LogP contribution in [-0.4, -0.2) is 43.3 Å². The van der Waals surface area contributed by atoms with Gasteiger partial charge in [-0.2, -0.15) is 13.2 Å². The average molecular weight is 416 g/mol. The molecule has 152 valence electrons. The quantitative estimate of drug-likeness (QED) is 0.783. The van der Waals surface area contributed by atoms with Gasteiger partial charge in [0.15, 0.2) is 9.84 Å². The first-order valence-corrected chi connectivity index (χ1v) is 10.4. The third-order valence-corrected chi connectivity index (χ3v) is 6.26. The number of benzene rings is 1. The Bertz CT molecular complexity index is 909. The first kappa shape index (κ1) is 20.4. The normalized spacial score (nSPS) is 19.1. The highest BCUT2D eigenvalue weighted by atomic mass is 32.2. The second-order valence-electron chi connectivity index (χ2n) is 6.66. The Balaban J connectivity index is 1.67. The maximum absolute atomic E-state index is 12.6. The molecule has 0 spiro atoms. The SMILES string of the molecule is O=C(CN(Cc1ccco1)C1CCS(=O)(=O)C1)Nc1ccc(C(F)(F)F)cc1. The summed E-state index contributed by atoms with van der Waals surface area (Å²) in [6.07, 6.45) is -2.55. The first-order chi connectivity index (χ1) is 13.1. The largest absolute Gasteiger partial charge is 0.468 e. The number of furan rings is 1. The Morgan fingerprint density at radius 1 is 1.21 bits per heavy atom. The monoisotopic (exact) mass is 416 g/mol. The standard InChI is InChI=1S/C18H19F3N2O4S/c19-18(20,21)13-3-5-14(6-4-13)22-17(24)11-23(10-16-2-1-8-27-16)15-7-9-28(25,26)12-15/h1-6,8,15H,7,9-12H2,(H,22,24). The van der Waals surface area contributed by atoms with Crippen molar-refractivity contribution in [3.05, 3.63) is 54.0 Å². The van der Waals surface area contributed by atoms with Crippen LogP contribution in [0.5, 0.6) is 0 Å². The van der Waals surface area contributed by atoms with E-state index in [0.717, 1.165) is 12.1 Å². The van der Waals surface area contributed by atoms with Crippen molar-refractivity contribution < 1.29 is 30.8 Å². The van der Waals surface area contributed by atoms with Gasteiger partial charge in [0, 0.05) is 11.7 Å². The van der Waals surface area contributed by atoms with E-state index in [1.54, 1.807) is 17.0 Å². The minimum absolute atomic E-state index is 0.0404. The molecule has 10 heteroatoms. The van der Waals surface area contributed by atoms with Crippen LogP contribution in [-0.2, 0) is 27.4 Å². The molecule has 1 aliphatic rings. The number of anilines is 1. The summed E-state index contributed by atoms with van der Waals surface area (Å²) in [4.78, 5) is 14.1. The molecule has 0 aliphatic carbocycles. The summed E-state index contributed by atoms with van der Waals surface area (Å²) in [5.74, 6) is 0.163. The van der Waals surface area contributed by atoms with Crippen molar-refractivity contribution in [2.75, 3.05) is 23.4 Å². The molecule has 0 bridgehead atoms. The van der Waals surface area contributed by atoms with Gasteiger partial charge in [0.2, 0.25) is 5.91 Å². The van der Waals surface area contributed by atoms with Crippen LogP contribution >= 0.6 is 0 Å². The van der Waals surface area contributed by atoms with Gasteiger partial charge in [0.1, 0.15) is 5.76 Å². The number of halogens is 3. The summed E-state index contributed by atoms with van der Waals surface area (Å²) >= 11 is 0. The predicted octanol–water partition coefficient (Wildman–Crippen LogP) is 2.93. The number of sulfone groups is 1. The molecule has 1 amide bonds. The molecular weight excluding hydrogens is 397 g/mol. The van der Waals surface area contributed by atoms with Gasteiger partial charge in [-0.25, -0.2) is 8.42 Å². The lowest BCUT2D eigenvalue weighted by Gasteiger charge is -2.26. The number of carbonyl (C=O) groups excluding carboxylic acids is 1. The zero-order chi connectivity index (χ0) is 20.4. The molecule has 2 heterocycles. The number of alkyl halides is 3. The number of nitrogens with zero attached hydrogens (tertiary/aromatic N) is 1. The van der Waals surface area contributed by atoms with E-state index in [1.165, 1.54) is 18.4 Å². The Morgan fingerprint density at radius 2 is 1.93 bits per heavy atom. The van der Waals surface area contributed by atoms with Crippen LogP contribution in [0.3, 0.4) is 0 Å². The van der Waals surface area contributed by atoms with E-state index in [-0.39, 0.29) is 36.3 Å². The molecule has 1 aliphatic heterocycles. The van der Waals surface area contributed by atoms with Crippen molar-refractivity contribution in [3.8, 4) is 0 Å². The maximum Gasteiger partial charge on any atom is 0.416 e. The lowest BCUT2D eigenvalue weighted by molar-refractivity contribution is -0.137. The minimum Gasteiger partial charge on any atom is -0.468 e. The van der Waals surface area contributed by atoms with E-state index in [4.69, 9.17) is 4.42 Å². The summed E-state index contributed by atoms with van der Waals surface area (Å²) in [5.41, 5.74) is -0.573. The average Bonchev–Trinajstić information content (AvgIpc) is 3.23. The van der Waals surface area contributed by atoms with Gasteiger partial charge < -0.3 is 9.73 Å². The molecular formula is C18H19F3N2O4S. The van der Waals surface area contributed by atoms with Crippen LogP contribution in [0.1, 0.15) is 17.7 Å². The van der Waals surface area contributed by atoms with Gasteiger partial charge in [-0.15, -0.1) is 0 Å². The van der Waals surface area contributed by atoms with Crippen LogP contribution in [0, 0.1) is 0 Å². The molecule has 1 atom stereocenters. The molecule has 1 fully saturated rings. The molecule has 6 nitrogen and oxygen atoms in total. The molecule has 1 unspecified atom stereocenters. The summed E-state index contributed by atoms with van der Waals surface area (Å²) in [5, 5.41) is 2.55. The number of nitrogens with one attached hydrogen (secondary N) is 1. The first-order valence-electron chi connectivity index (χ1n) is 8.56. The number of amides is 1. The summed E-state index contributed by atoms with van der Waals surface area (Å²) in [6, 6.07) is 7.23. The molecule has 2 aromatic rings. The van der Waals surface area contributed by atoms with Gasteiger partial charge in [0.05, 0.1) is 36.4 Å². The fraction of sp³-hybridized carbons (Fsp3) is 0.389. The number of hydrogen-bond donors (Lipinski definition) is 1. The van der Waals surface area contributed by atoms with Crippen molar-refractivity contribution >= 4 is 21.4 Å². The highest BCUT2D eigenvalue weighted by molar-refractivity contribution is 7.91. The molecule has 0 saturated carbocycles. The third kappa shape index (κ3) is 5.35. The number of rotatable bonds is 6. The van der Waals surface area contributed by atoms with Crippen LogP contribution in [0.2, 0.25) is 0 Å². The number of carbonyl (C=O) groups is 1. The molecule has 1 N–H and O–H groups in total. The molecule has 1 aromatic carbocycles. The Hall–Kier alpha value is -2.33. The van der Waals surface area contributed by atoms with Gasteiger partial charge in [-0.3, -0.25) is 9.69 Å². The summed E-state index contributed by atoms with van der Waals surface area (Å²) in [6.45, 7) is 0.148. The van der Waals surface area contributed by atoms with Crippen molar-refractivity contribution in [1.29, 1.82) is 0 Å². The third-order valence-electron chi connectivity index (χ3n) is 4.51. The van der Waals surface area contributed by atoms with E-state index >= 15 is 0 Å². The predicted molar refractivity (Wildman–Crippen MR) is 96.3 cm³/mol. The van der Waals surface area contributed by atoms with Crippen molar-refractivity contribution in [2.45, 2.75) is 25.2 Å². The van der Waals surface area contributed by atoms with E-state index < -0.39 is 27.5 Å². The zero-order valence-electron chi connectivity index (χ0n) is 14.8. The van der Waals surface area contributed by atoms with Crippen LogP contribution in [0.4, 0.5) is 18.9 Å². The maximum atomic E-state index is 12.6. The van der Waals surface area contributed by atoms with Crippen molar-refractivity contribution in [1.82, 2.24) is 4.90 Å². The molecule has 28 heavy (non-hydrogen) atoms. The van der Waals surface area contributed by atoms with Gasteiger partial charge in [-0.1, -0.05) is 0 Å². The smallest absolute Gasteiger partial charge is 0.416 e. The summed E-state index contributed by atoms with van der Waals surface area (Å²) < 4.78 is 66.7. The van der Waals surface area contributed by atoms with Gasteiger partial charge >= 0.3 is 6.18 Å². The van der Waals surface area contributed by atoms with Crippen molar-refractivity contribution in [3.63, 3.8) is 0 Å². The van der Waals surface area contributed by atoms with E-state index in [0.29, 0.717) is 12.2 Å². The van der Waals surface area contributed by atoms with E-state index in [1.807, 2.05) is 0 Å². The van der Waals surface area contributed by atoms with Crippen LogP contribution in [0.15, 0.2) is 47.1 Å². The molecule has 3 rings (SSSR count). The number of hydrogen-bond acceptors (Lipinski definition) is 5. The Morgan fingerprint density at radius 3 is 2.46 bits per heavy atom.